The number of carbonyl (C=O) groups is 2. The Morgan fingerprint density at radius 2 is 2.16 bits per heavy atom. The van der Waals surface area contributed by atoms with E-state index < -0.39 is 5.60 Å². The van der Waals surface area contributed by atoms with Crippen molar-refractivity contribution in [1.29, 1.82) is 0 Å². The quantitative estimate of drug-likeness (QED) is 0.610. The standard InChI is InChI=1S/C18H21N3O3S/c1-3-7-13-10-18(2,24-16(13)23)14-11-25-17(19-14)21-20-15(22)12-8-5-4-6-9-12/h4-6,8-9,11,13H,3,7,10H2,1-2H3,(H,19,21)(H,20,22)/t13-,18+/m1/s1. The lowest BCUT2D eigenvalue weighted by Crippen LogP contribution is -2.29. The number of thiazole rings is 1. The molecule has 1 aliphatic rings. The minimum absolute atomic E-state index is 0.0640. The van der Waals surface area contributed by atoms with Crippen LogP contribution in [0.3, 0.4) is 0 Å². The maximum atomic E-state index is 12.0. The van der Waals surface area contributed by atoms with Crippen molar-refractivity contribution >= 4 is 28.3 Å². The van der Waals surface area contributed by atoms with Gasteiger partial charge in [0.25, 0.3) is 5.91 Å². The molecule has 2 heterocycles. The summed E-state index contributed by atoms with van der Waals surface area (Å²) in [5.41, 5.74) is 6.01. The number of aromatic nitrogens is 1. The monoisotopic (exact) mass is 359 g/mol. The molecule has 1 aromatic carbocycles. The van der Waals surface area contributed by atoms with E-state index in [1.807, 2.05) is 18.4 Å². The second kappa shape index (κ2) is 7.23. The fourth-order valence-corrected chi connectivity index (χ4v) is 3.76. The number of hydrogen-bond donors (Lipinski definition) is 2. The molecule has 2 N–H and O–H groups in total. The molecule has 0 saturated carbocycles. The molecule has 132 valence electrons. The first-order valence-corrected chi connectivity index (χ1v) is 9.20. The summed E-state index contributed by atoms with van der Waals surface area (Å²) < 4.78 is 5.60. The Morgan fingerprint density at radius 3 is 2.88 bits per heavy atom. The molecular formula is C18H21N3O3S. The summed E-state index contributed by atoms with van der Waals surface area (Å²) in [5, 5.41) is 2.41. The number of carbonyl (C=O) groups excluding carboxylic acids is 2. The van der Waals surface area contributed by atoms with Crippen LogP contribution in [0.2, 0.25) is 0 Å². The van der Waals surface area contributed by atoms with Gasteiger partial charge in [-0.15, -0.1) is 11.3 Å². The first kappa shape index (κ1) is 17.4. The lowest BCUT2D eigenvalue weighted by atomic mass is 9.91. The number of cyclic esters (lactones) is 1. The number of esters is 1. The smallest absolute Gasteiger partial charge is 0.310 e. The molecule has 1 saturated heterocycles. The number of hydrogen-bond acceptors (Lipinski definition) is 6. The SMILES string of the molecule is CCC[C@@H]1C[C@@](C)(c2csc(NNC(=O)c3ccccc3)n2)OC1=O. The van der Waals surface area contributed by atoms with Gasteiger partial charge in [0.05, 0.1) is 11.6 Å². The number of hydrazine groups is 1. The van der Waals surface area contributed by atoms with Crippen LogP contribution in [0.1, 0.15) is 49.2 Å². The first-order valence-electron chi connectivity index (χ1n) is 8.32. The minimum atomic E-state index is -0.698. The molecular weight excluding hydrogens is 338 g/mol. The predicted octanol–water partition coefficient (Wildman–Crippen LogP) is 3.48. The summed E-state index contributed by atoms with van der Waals surface area (Å²) in [6, 6.07) is 8.93. The van der Waals surface area contributed by atoms with Crippen LogP contribution in [0.5, 0.6) is 0 Å². The van der Waals surface area contributed by atoms with Gasteiger partial charge in [-0.2, -0.15) is 0 Å². The number of amides is 1. The maximum absolute atomic E-state index is 12.0. The maximum Gasteiger partial charge on any atom is 0.310 e. The summed E-state index contributed by atoms with van der Waals surface area (Å²) in [7, 11) is 0. The summed E-state index contributed by atoms with van der Waals surface area (Å²) >= 11 is 1.36. The molecule has 0 spiro atoms. The fraction of sp³-hybridized carbons (Fsp3) is 0.389. The van der Waals surface area contributed by atoms with Crippen LogP contribution in [0.15, 0.2) is 35.7 Å². The van der Waals surface area contributed by atoms with Gasteiger partial charge in [0, 0.05) is 17.4 Å². The van der Waals surface area contributed by atoms with Crippen molar-refractivity contribution in [3.8, 4) is 0 Å². The third-order valence-corrected chi connectivity index (χ3v) is 5.05. The van der Waals surface area contributed by atoms with Crippen LogP contribution in [0, 0.1) is 5.92 Å². The van der Waals surface area contributed by atoms with E-state index in [0.29, 0.717) is 22.8 Å². The Kier molecular flexibility index (Phi) is 5.03. The lowest BCUT2D eigenvalue weighted by molar-refractivity contribution is -0.150. The fourth-order valence-electron chi connectivity index (χ4n) is 2.97. The minimum Gasteiger partial charge on any atom is -0.453 e. The zero-order valence-electron chi connectivity index (χ0n) is 14.2. The van der Waals surface area contributed by atoms with Crippen LogP contribution < -0.4 is 10.9 Å². The topological polar surface area (TPSA) is 80.3 Å². The van der Waals surface area contributed by atoms with Crippen LogP contribution in [-0.2, 0) is 15.1 Å². The number of rotatable bonds is 6. The summed E-state index contributed by atoms with van der Waals surface area (Å²) in [6.45, 7) is 3.95. The van der Waals surface area contributed by atoms with Gasteiger partial charge in [-0.05, 0) is 25.5 Å². The highest BCUT2D eigenvalue weighted by Gasteiger charge is 2.45. The predicted molar refractivity (Wildman–Crippen MR) is 96.1 cm³/mol. The van der Waals surface area contributed by atoms with Crippen molar-refractivity contribution in [2.75, 3.05) is 5.43 Å². The first-order chi connectivity index (χ1) is 12.0. The Bertz CT molecular complexity index is 762. The second-order valence-corrected chi connectivity index (χ2v) is 7.18. The van der Waals surface area contributed by atoms with E-state index in [1.54, 1.807) is 24.3 Å². The van der Waals surface area contributed by atoms with E-state index in [2.05, 4.69) is 22.8 Å². The van der Waals surface area contributed by atoms with Crippen molar-refractivity contribution in [2.45, 2.75) is 38.7 Å². The van der Waals surface area contributed by atoms with E-state index in [4.69, 9.17) is 4.74 Å². The molecule has 0 unspecified atom stereocenters. The molecule has 0 radical (unpaired) electrons. The van der Waals surface area contributed by atoms with E-state index in [-0.39, 0.29) is 17.8 Å². The lowest BCUT2D eigenvalue weighted by Gasteiger charge is -2.19. The second-order valence-electron chi connectivity index (χ2n) is 6.32. The van der Waals surface area contributed by atoms with Crippen molar-refractivity contribution in [3.05, 3.63) is 47.0 Å². The number of benzene rings is 1. The van der Waals surface area contributed by atoms with Crippen LogP contribution in [-0.4, -0.2) is 16.9 Å². The van der Waals surface area contributed by atoms with Gasteiger partial charge in [-0.1, -0.05) is 31.5 Å². The third-order valence-electron chi connectivity index (χ3n) is 4.30. The van der Waals surface area contributed by atoms with Gasteiger partial charge in [0.15, 0.2) is 5.60 Å². The van der Waals surface area contributed by atoms with Gasteiger partial charge in [-0.25, -0.2) is 4.98 Å². The van der Waals surface area contributed by atoms with Crippen molar-refractivity contribution in [1.82, 2.24) is 10.4 Å². The molecule has 1 aliphatic heterocycles. The summed E-state index contributed by atoms with van der Waals surface area (Å²) in [5.74, 6) is -0.450. The number of ether oxygens (including phenoxy) is 1. The molecule has 2 aromatic rings. The molecule has 7 heteroatoms. The van der Waals surface area contributed by atoms with Crippen LogP contribution >= 0.6 is 11.3 Å². The average molecular weight is 359 g/mol. The molecule has 1 amide bonds. The van der Waals surface area contributed by atoms with E-state index in [1.165, 1.54) is 11.3 Å². The van der Waals surface area contributed by atoms with E-state index in [0.717, 1.165) is 12.8 Å². The largest absolute Gasteiger partial charge is 0.453 e. The van der Waals surface area contributed by atoms with Gasteiger partial charge in [0.1, 0.15) is 0 Å². The zero-order valence-corrected chi connectivity index (χ0v) is 15.1. The number of anilines is 1. The van der Waals surface area contributed by atoms with Gasteiger partial charge in [-0.3, -0.25) is 20.4 Å². The highest BCUT2D eigenvalue weighted by molar-refractivity contribution is 7.13. The van der Waals surface area contributed by atoms with Crippen LogP contribution in [0.25, 0.3) is 0 Å². The Morgan fingerprint density at radius 1 is 1.40 bits per heavy atom. The summed E-state index contributed by atoms with van der Waals surface area (Å²) in [6.07, 6.45) is 2.42. The van der Waals surface area contributed by atoms with Gasteiger partial charge in [0.2, 0.25) is 5.13 Å². The Labute approximate surface area is 150 Å². The van der Waals surface area contributed by atoms with Crippen molar-refractivity contribution in [2.24, 2.45) is 5.92 Å². The van der Waals surface area contributed by atoms with Crippen molar-refractivity contribution in [3.63, 3.8) is 0 Å². The molecule has 6 nitrogen and oxygen atoms in total. The normalized spacial score (nSPS) is 22.5. The number of nitrogens with one attached hydrogen (secondary N) is 2. The van der Waals surface area contributed by atoms with E-state index in [9.17, 15) is 9.59 Å². The average Bonchev–Trinajstić information content (AvgIpc) is 3.20. The van der Waals surface area contributed by atoms with Gasteiger partial charge >= 0.3 is 5.97 Å². The van der Waals surface area contributed by atoms with E-state index >= 15 is 0 Å². The van der Waals surface area contributed by atoms with Crippen molar-refractivity contribution < 1.29 is 14.3 Å². The molecule has 25 heavy (non-hydrogen) atoms. The van der Waals surface area contributed by atoms with Gasteiger partial charge < -0.3 is 4.74 Å². The molecule has 1 aromatic heterocycles. The highest BCUT2D eigenvalue weighted by Crippen LogP contribution is 2.41. The zero-order chi connectivity index (χ0) is 17.9. The molecule has 1 fully saturated rings. The number of nitrogens with zero attached hydrogens (tertiary/aromatic N) is 1. The summed E-state index contributed by atoms with van der Waals surface area (Å²) in [4.78, 5) is 28.5. The molecule has 3 rings (SSSR count). The molecule has 2 atom stereocenters. The molecule has 0 aliphatic carbocycles. The Balaban J connectivity index is 1.63. The highest BCUT2D eigenvalue weighted by atomic mass is 32.1. The third kappa shape index (κ3) is 3.82. The molecule has 0 bridgehead atoms. The Hall–Kier alpha value is -2.41. The van der Waals surface area contributed by atoms with Crippen LogP contribution in [0.4, 0.5) is 5.13 Å².